The number of aliphatic hydroxyl groups is 1. The molecule has 0 fully saturated rings. The van der Waals surface area contributed by atoms with E-state index in [0.29, 0.717) is 0 Å². The SMILES string of the molecule is CCCCC/C=C(/[Se]c1ccccc1)C(C)O. The van der Waals surface area contributed by atoms with E-state index in [9.17, 15) is 5.11 Å². The molecule has 0 aromatic heterocycles. The van der Waals surface area contributed by atoms with Crippen molar-refractivity contribution in [2.75, 3.05) is 0 Å². The monoisotopic (exact) mass is 298 g/mol. The first-order valence-corrected chi connectivity index (χ1v) is 8.06. The maximum absolute atomic E-state index is 9.78. The van der Waals surface area contributed by atoms with Crippen molar-refractivity contribution in [3.8, 4) is 0 Å². The predicted molar refractivity (Wildman–Crippen MR) is 75.7 cm³/mol. The van der Waals surface area contributed by atoms with Gasteiger partial charge in [-0.2, -0.15) is 0 Å². The number of unbranched alkanes of at least 4 members (excludes halogenated alkanes) is 3. The molecule has 2 heteroatoms. The first-order chi connectivity index (χ1) is 8.24. The van der Waals surface area contributed by atoms with E-state index in [1.165, 1.54) is 28.2 Å². The van der Waals surface area contributed by atoms with Crippen molar-refractivity contribution in [2.45, 2.75) is 45.6 Å². The van der Waals surface area contributed by atoms with E-state index < -0.39 is 0 Å². The van der Waals surface area contributed by atoms with Crippen molar-refractivity contribution in [2.24, 2.45) is 0 Å². The molecule has 1 atom stereocenters. The number of rotatable bonds is 7. The molecular weight excluding hydrogens is 275 g/mol. The van der Waals surface area contributed by atoms with E-state index >= 15 is 0 Å². The van der Waals surface area contributed by atoms with Gasteiger partial charge in [0.15, 0.2) is 0 Å². The van der Waals surface area contributed by atoms with Crippen LogP contribution in [0.5, 0.6) is 0 Å². The van der Waals surface area contributed by atoms with Crippen molar-refractivity contribution in [3.63, 3.8) is 0 Å². The van der Waals surface area contributed by atoms with Crippen molar-refractivity contribution in [3.05, 3.63) is 40.9 Å². The Kier molecular flexibility index (Phi) is 7.27. The Morgan fingerprint density at radius 2 is 2.00 bits per heavy atom. The number of benzene rings is 1. The summed E-state index contributed by atoms with van der Waals surface area (Å²) in [4.78, 5) is 0. The molecule has 0 heterocycles. The van der Waals surface area contributed by atoms with E-state index in [-0.39, 0.29) is 21.1 Å². The summed E-state index contributed by atoms with van der Waals surface area (Å²) >= 11 is 0.266. The molecule has 0 saturated carbocycles. The Bertz CT molecular complexity index is 330. The number of hydrogen-bond donors (Lipinski definition) is 1. The Morgan fingerprint density at radius 3 is 2.59 bits per heavy atom. The molecule has 0 spiro atoms. The standard InChI is InChI=1S/C15H22OSe/c1-3-4-5-9-12-15(13(2)16)17-14-10-7-6-8-11-14/h6-8,10-13,16H,3-5,9H2,1-2H3/b15-12+. The van der Waals surface area contributed by atoms with Crippen LogP contribution in [-0.2, 0) is 0 Å². The average Bonchev–Trinajstić information content (AvgIpc) is 2.34. The van der Waals surface area contributed by atoms with Gasteiger partial charge >= 0.3 is 111 Å². The third-order valence-corrected chi connectivity index (χ3v) is 5.17. The van der Waals surface area contributed by atoms with Crippen LogP contribution < -0.4 is 4.46 Å². The zero-order chi connectivity index (χ0) is 12.5. The molecule has 94 valence electrons. The van der Waals surface area contributed by atoms with Gasteiger partial charge < -0.3 is 0 Å². The van der Waals surface area contributed by atoms with Crippen LogP contribution in [-0.4, -0.2) is 26.2 Å². The van der Waals surface area contributed by atoms with E-state index in [0.717, 1.165) is 6.42 Å². The minimum absolute atomic E-state index is 0.266. The van der Waals surface area contributed by atoms with E-state index in [1.54, 1.807) is 0 Å². The second-order valence-electron chi connectivity index (χ2n) is 4.19. The van der Waals surface area contributed by atoms with Gasteiger partial charge in [-0.3, -0.25) is 0 Å². The van der Waals surface area contributed by atoms with Crippen LogP contribution in [0, 0.1) is 0 Å². The second kappa shape index (κ2) is 8.52. The topological polar surface area (TPSA) is 20.2 Å². The molecule has 1 aromatic carbocycles. The second-order valence-corrected chi connectivity index (χ2v) is 6.60. The molecule has 0 aliphatic carbocycles. The van der Waals surface area contributed by atoms with Gasteiger partial charge in [-0.05, 0) is 0 Å². The number of allylic oxidation sites excluding steroid dienone is 1. The molecule has 0 aliphatic heterocycles. The van der Waals surface area contributed by atoms with Crippen LogP contribution >= 0.6 is 0 Å². The van der Waals surface area contributed by atoms with Gasteiger partial charge in [-0.25, -0.2) is 0 Å². The minimum atomic E-state index is -0.308. The van der Waals surface area contributed by atoms with Crippen molar-refractivity contribution in [1.82, 2.24) is 0 Å². The Labute approximate surface area is 111 Å². The average molecular weight is 297 g/mol. The number of aliphatic hydroxyl groups excluding tert-OH is 1. The molecule has 0 aliphatic rings. The Hall–Kier alpha value is -0.561. The molecule has 17 heavy (non-hydrogen) atoms. The fourth-order valence-electron chi connectivity index (χ4n) is 1.56. The molecule has 1 unspecified atom stereocenters. The summed E-state index contributed by atoms with van der Waals surface area (Å²) in [5, 5.41) is 9.78. The van der Waals surface area contributed by atoms with Gasteiger partial charge in [-0.1, -0.05) is 0 Å². The van der Waals surface area contributed by atoms with Crippen LogP contribution in [0.1, 0.15) is 39.5 Å². The van der Waals surface area contributed by atoms with E-state index in [1.807, 2.05) is 13.0 Å². The van der Waals surface area contributed by atoms with Crippen LogP contribution in [0.4, 0.5) is 0 Å². The van der Waals surface area contributed by atoms with Gasteiger partial charge in [0.1, 0.15) is 0 Å². The van der Waals surface area contributed by atoms with E-state index in [2.05, 4.69) is 37.3 Å². The molecule has 0 saturated heterocycles. The van der Waals surface area contributed by atoms with Crippen LogP contribution in [0.3, 0.4) is 0 Å². The third kappa shape index (κ3) is 6.07. The normalized spacial score (nSPS) is 13.7. The molecule has 0 bridgehead atoms. The van der Waals surface area contributed by atoms with Gasteiger partial charge in [0.25, 0.3) is 0 Å². The van der Waals surface area contributed by atoms with Gasteiger partial charge in [-0.15, -0.1) is 0 Å². The summed E-state index contributed by atoms with van der Waals surface area (Å²) in [5.74, 6) is 0. The molecule has 1 rings (SSSR count). The first-order valence-electron chi connectivity index (χ1n) is 6.35. The Morgan fingerprint density at radius 1 is 1.29 bits per heavy atom. The van der Waals surface area contributed by atoms with Gasteiger partial charge in [0.2, 0.25) is 0 Å². The third-order valence-electron chi connectivity index (χ3n) is 2.54. The fraction of sp³-hybridized carbons (Fsp3) is 0.467. The molecule has 1 N–H and O–H groups in total. The molecule has 0 amide bonds. The first kappa shape index (κ1) is 14.5. The number of hydrogen-bond acceptors (Lipinski definition) is 1. The maximum atomic E-state index is 9.78. The van der Waals surface area contributed by atoms with Gasteiger partial charge in [0.05, 0.1) is 0 Å². The molecule has 0 radical (unpaired) electrons. The summed E-state index contributed by atoms with van der Waals surface area (Å²) in [6.07, 6.45) is 6.80. The van der Waals surface area contributed by atoms with E-state index in [4.69, 9.17) is 0 Å². The van der Waals surface area contributed by atoms with Crippen LogP contribution in [0.15, 0.2) is 40.9 Å². The van der Waals surface area contributed by atoms with Crippen molar-refractivity contribution >= 4 is 19.4 Å². The summed E-state index contributed by atoms with van der Waals surface area (Å²) in [7, 11) is 0. The Balaban J connectivity index is 2.54. The van der Waals surface area contributed by atoms with Crippen molar-refractivity contribution < 1.29 is 5.11 Å². The van der Waals surface area contributed by atoms with Crippen LogP contribution in [0.2, 0.25) is 0 Å². The summed E-state index contributed by atoms with van der Waals surface area (Å²) in [5.41, 5.74) is 0. The molecular formula is C15H22OSe. The zero-order valence-electron chi connectivity index (χ0n) is 10.7. The summed E-state index contributed by atoms with van der Waals surface area (Å²) in [6, 6.07) is 10.4. The molecule has 1 nitrogen and oxygen atoms in total. The van der Waals surface area contributed by atoms with Gasteiger partial charge in [0, 0.05) is 0 Å². The quantitative estimate of drug-likeness (QED) is 0.606. The summed E-state index contributed by atoms with van der Waals surface area (Å²) < 4.78 is 2.54. The van der Waals surface area contributed by atoms with Crippen LogP contribution in [0.25, 0.3) is 0 Å². The molecule has 1 aromatic rings. The summed E-state index contributed by atoms with van der Waals surface area (Å²) in [6.45, 7) is 4.09. The fourth-order valence-corrected chi connectivity index (χ4v) is 3.53. The zero-order valence-corrected chi connectivity index (χ0v) is 12.4. The van der Waals surface area contributed by atoms with Crippen molar-refractivity contribution in [1.29, 1.82) is 0 Å². The predicted octanol–water partition coefficient (Wildman–Crippen LogP) is 2.86.